The number of carbonyl (C=O) groups excluding carboxylic acids is 1. The number of amides is 1. The highest BCUT2D eigenvalue weighted by Gasteiger charge is 2.27. The molecule has 35 heavy (non-hydrogen) atoms. The van der Waals surface area contributed by atoms with E-state index in [0.29, 0.717) is 36.1 Å². The molecule has 6 nitrogen and oxygen atoms in total. The van der Waals surface area contributed by atoms with E-state index in [-0.39, 0.29) is 11.5 Å². The van der Waals surface area contributed by atoms with Crippen LogP contribution < -0.4 is 10.5 Å². The van der Waals surface area contributed by atoms with E-state index >= 15 is 0 Å². The van der Waals surface area contributed by atoms with E-state index in [4.69, 9.17) is 0 Å². The van der Waals surface area contributed by atoms with Gasteiger partial charge in [-0.05, 0) is 23.3 Å². The second-order valence-corrected chi connectivity index (χ2v) is 8.90. The van der Waals surface area contributed by atoms with Gasteiger partial charge in [-0.15, -0.1) is 0 Å². The largest absolute Gasteiger partial charge is 0.329 e. The van der Waals surface area contributed by atoms with E-state index < -0.39 is 0 Å². The van der Waals surface area contributed by atoms with Crippen molar-refractivity contribution in [3.8, 4) is 0 Å². The number of benzene rings is 3. The van der Waals surface area contributed by atoms with E-state index in [9.17, 15) is 9.59 Å². The van der Waals surface area contributed by atoms with Crippen LogP contribution in [0.5, 0.6) is 0 Å². The van der Waals surface area contributed by atoms with Crippen molar-refractivity contribution >= 4 is 22.8 Å². The first-order valence-corrected chi connectivity index (χ1v) is 12.1. The molecule has 0 saturated carbocycles. The SMILES string of the molecule is O=C(c1nn(Cc2ccccc2)c(=O)c2ccccc12)N1CC[NH+](C/C=C/c2ccccc2)CC1. The van der Waals surface area contributed by atoms with Crippen LogP contribution in [0.1, 0.15) is 21.6 Å². The van der Waals surface area contributed by atoms with Crippen LogP contribution in [0.4, 0.5) is 0 Å². The first-order valence-electron chi connectivity index (χ1n) is 12.1. The number of nitrogens with one attached hydrogen (secondary N) is 1. The van der Waals surface area contributed by atoms with Crippen LogP contribution in [0.15, 0.2) is 95.8 Å². The van der Waals surface area contributed by atoms with Gasteiger partial charge in [-0.2, -0.15) is 5.10 Å². The van der Waals surface area contributed by atoms with Gasteiger partial charge in [0.1, 0.15) is 0 Å². The minimum Gasteiger partial charge on any atom is -0.329 e. The van der Waals surface area contributed by atoms with Crippen LogP contribution >= 0.6 is 0 Å². The van der Waals surface area contributed by atoms with E-state index in [0.717, 1.165) is 25.2 Å². The van der Waals surface area contributed by atoms with E-state index in [1.165, 1.54) is 15.1 Å². The molecule has 0 radical (unpaired) electrons. The fourth-order valence-electron chi connectivity index (χ4n) is 4.56. The molecule has 1 aliphatic rings. The van der Waals surface area contributed by atoms with Gasteiger partial charge in [-0.3, -0.25) is 9.59 Å². The van der Waals surface area contributed by atoms with Gasteiger partial charge in [0.15, 0.2) is 5.69 Å². The summed E-state index contributed by atoms with van der Waals surface area (Å²) in [5, 5.41) is 5.71. The second-order valence-electron chi connectivity index (χ2n) is 8.90. The fraction of sp³-hybridized carbons (Fsp3) is 0.207. The number of aromatic nitrogens is 2. The number of piperazine rings is 1. The lowest BCUT2D eigenvalue weighted by molar-refractivity contribution is -0.898. The number of hydrogen-bond donors (Lipinski definition) is 1. The average Bonchev–Trinajstić information content (AvgIpc) is 2.91. The number of quaternary nitrogens is 1. The number of carbonyl (C=O) groups is 1. The topological polar surface area (TPSA) is 59.6 Å². The van der Waals surface area contributed by atoms with Crippen LogP contribution in [0.3, 0.4) is 0 Å². The zero-order valence-corrected chi connectivity index (χ0v) is 19.6. The Hall–Kier alpha value is -4.03. The lowest BCUT2D eigenvalue weighted by Crippen LogP contribution is -3.14. The quantitative estimate of drug-likeness (QED) is 0.476. The molecule has 0 unspecified atom stereocenters. The molecule has 2 heterocycles. The molecule has 3 aromatic carbocycles. The zero-order valence-electron chi connectivity index (χ0n) is 19.6. The third-order valence-corrected chi connectivity index (χ3v) is 6.52. The van der Waals surface area contributed by atoms with Crippen molar-refractivity contribution in [1.29, 1.82) is 0 Å². The van der Waals surface area contributed by atoms with Crippen molar-refractivity contribution < 1.29 is 9.69 Å². The lowest BCUT2D eigenvalue weighted by atomic mass is 10.1. The molecular weight excluding hydrogens is 436 g/mol. The van der Waals surface area contributed by atoms with Crippen molar-refractivity contribution in [2.24, 2.45) is 0 Å². The Kier molecular flexibility index (Phi) is 6.82. The second kappa shape index (κ2) is 10.5. The summed E-state index contributed by atoms with van der Waals surface area (Å²) in [5.41, 5.74) is 2.34. The molecule has 0 atom stereocenters. The summed E-state index contributed by atoms with van der Waals surface area (Å²) < 4.78 is 1.42. The van der Waals surface area contributed by atoms with Crippen molar-refractivity contribution in [2.75, 3.05) is 32.7 Å². The Balaban J connectivity index is 1.32. The summed E-state index contributed by atoms with van der Waals surface area (Å²) in [4.78, 5) is 30.0. The maximum Gasteiger partial charge on any atom is 0.275 e. The molecule has 1 N–H and O–H groups in total. The highest BCUT2D eigenvalue weighted by Crippen LogP contribution is 2.16. The van der Waals surface area contributed by atoms with Gasteiger partial charge in [0, 0.05) is 5.39 Å². The summed E-state index contributed by atoms with van der Waals surface area (Å²) in [5.74, 6) is -0.109. The standard InChI is InChI=1S/C29H28N4O2/c34-28-26-16-8-7-15-25(26)27(30-33(28)22-24-12-5-2-6-13-24)29(35)32-20-18-31(19-21-32)17-9-14-23-10-3-1-4-11-23/h1-16H,17-22H2/p+1/b14-9+. The fourth-order valence-corrected chi connectivity index (χ4v) is 4.56. The van der Waals surface area contributed by atoms with Crippen LogP contribution in [-0.2, 0) is 6.54 Å². The summed E-state index contributed by atoms with van der Waals surface area (Å²) in [6.07, 6.45) is 4.35. The summed E-state index contributed by atoms with van der Waals surface area (Å²) >= 11 is 0. The van der Waals surface area contributed by atoms with Gasteiger partial charge in [0.25, 0.3) is 11.5 Å². The van der Waals surface area contributed by atoms with E-state index in [2.05, 4.69) is 29.4 Å². The van der Waals surface area contributed by atoms with Crippen molar-refractivity contribution in [3.05, 3.63) is 118 Å². The molecule has 4 aromatic rings. The molecule has 0 aliphatic carbocycles. The Morgan fingerprint density at radius 3 is 2.20 bits per heavy atom. The zero-order chi connectivity index (χ0) is 24.0. The summed E-state index contributed by atoms with van der Waals surface area (Å²) in [6, 6.07) is 27.3. The van der Waals surface area contributed by atoms with Crippen LogP contribution in [0.25, 0.3) is 16.8 Å². The minimum absolute atomic E-state index is 0.109. The van der Waals surface area contributed by atoms with Gasteiger partial charge >= 0.3 is 0 Å². The lowest BCUT2D eigenvalue weighted by Gasteiger charge is -2.31. The maximum atomic E-state index is 13.6. The number of fused-ring (bicyclic) bond motifs is 1. The Morgan fingerprint density at radius 1 is 0.857 bits per heavy atom. The molecule has 1 aliphatic heterocycles. The highest BCUT2D eigenvalue weighted by molar-refractivity contribution is 6.04. The molecule has 1 amide bonds. The minimum atomic E-state index is -0.180. The smallest absolute Gasteiger partial charge is 0.275 e. The predicted molar refractivity (Wildman–Crippen MR) is 138 cm³/mol. The first-order chi connectivity index (χ1) is 17.2. The van der Waals surface area contributed by atoms with Crippen molar-refractivity contribution in [2.45, 2.75) is 6.54 Å². The van der Waals surface area contributed by atoms with Gasteiger partial charge in [-0.1, -0.05) is 84.9 Å². The predicted octanol–water partition coefficient (Wildman–Crippen LogP) is 2.50. The molecule has 1 fully saturated rings. The van der Waals surface area contributed by atoms with Crippen molar-refractivity contribution in [1.82, 2.24) is 14.7 Å². The molecule has 176 valence electrons. The number of rotatable bonds is 6. The maximum absolute atomic E-state index is 13.6. The molecular formula is C29H29N4O2+. The molecule has 1 saturated heterocycles. The van der Waals surface area contributed by atoms with Gasteiger partial charge in [0.05, 0.1) is 44.7 Å². The number of hydrogen-bond acceptors (Lipinski definition) is 3. The monoisotopic (exact) mass is 465 g/mol. The van der Waals surface area contributed by atoms with Crippen LogP contribution in [0.2, 0.25) is 0 Å². The molecule has 1 aromatic heterocycles. The molecule has 5 rings (SSSR count). The Labute approximate surface area is 204 Å². The third-order valence-electron chi connectivity index (χ3n) is 6.52. The third kappa shape index (κ3) is 5.23. The molecule has 0 spiro atoms. The van der Waals surface area contributed by atoms with Crippen LogP contribution in [-0.4, -0.2) is 53.3 Å². The summed E-state index contributed by atoms with van der Waals surface area (Å²) in [6.45, 7) is 4.36. The first kappa shape index (κ1) is 22.7. The normalized spacial score (nSPS) is 14.6. The van der Waals surface area contributed by atoms with E-state index in [1.807, 2.05) is 71.6 Å². The highest BCUT2D eigenvalue weighted by atomic mass is 16.2. The van der Waals surface area contributed by atoms with Crippen molar-refractivity contribution in [3.63, 3.8) is 0 Å². The summed E-state index contributed by atoms with van der Waals surface area (Å²) in [7, 11) is 0. The number of nitrogens with zero attached hydrogens (tertiary/aromatic N) is 3. The Morgan fingerprint density at radius 2 is 1.49 bits per heavy atom. The van der Waals surface area contributed by atoms with Gasteiger partial charge in [0.2, 0.25) is 0 Å². The van der Waals surface area contributed by atoms with Gasteiger partial charge in [-0.25, -0.2) is 4.68 Å². The van der Waals surface area contributed by atoms with Crippen LogP contribution in [0, 0.1) is 0 Å². The molecule has 6 heteroatoms. The Bertz CT molecular complexity index is 1390. The van der Waals surface area contributed by atoms with Gasteiger partial charge < -0.3 is 9.80 Å². The average molecular weight is 466 g/mol. The molecule has 0 bridgehead atoms. The van der Waals surface area contributed by atoms with E-state index in [1.54, 1.807) is 6.07 Å².